The molecule has 28 heavy (non-hydrogen) atoms. The highest BCUT2D eigenvalue weighted by molar-refractivity contribution is 6.21. The first-order valence-electron chi connectivity index (χ1n) is 9.43. The summed E-state index contributed by atoms with van der Waals surface area (Å²) in [5.41, 5.74) is 1.73. The molecule has 0 atom stereocenters. The van der Waals surface area contributed by atoms with Gasteiger partial charge in [-0.1, -0.05) is 30.6 Å². The van der Waals surface area contributed by atoms with Crippen LogP contribution in [0.3, 0.4) is 0 Å². The van der Waals surface area contributed by atoms with Gasteiger partial charge in [0.25, 0.3) is 11.8 Å². The monoisotopic (exact) mass is 384 g/mol. The lowest BCUT2D eigenvalue weighted by atomic mass is 10.1. The third-order valence-corrected chi connectivity index (χ3v) is 4.58. The maximum absolute atomic E-state index is 12.4. The summed E-state index contributed by atoms with van der Waals surface area (Å²) in [6.07, 6.45) is 1.32. The summed E-state index contributed by atoms with van der Waals surface area (Å²) in [6, 6.07) is 5.17. The van der Waals surface area contributed by atoms with E-state index in [0.29, 0.717) is 42.2 Å². The Balaban J connectivity index is 1.41. The molecule has 0 radical (unpaired) electrons. The number of hydrogen-bond acceptors (Lipinski definition) is 6. The van der Waals surface area contributed by atoms with Gasteiger partial charge in [-0.15, -0.1) is 0 Å². The Morgan fingerprint density at radius 1 is 1.21 bits per heavy atom. The molecule has 3 rings (SSSR count). The molecule has 148 valence electrons. The Kier molecular flexibility index (Phi) is 5.87. The van der Waals surface area contributed by atoms with Gasteiger partial charge in [-0.05, 0) is 25.5 Å². The third kappa shape index (κ3) is 4.27. The summed E-state index contributed by atoms with van der Waals surface area (Å²) in [4.78, 5) is 42.2. The molecule has 1 N–H and O–H groups in total. The zero-order chi connectivity index (χ0) is 20.3. The van der Waals surface area contributed by atoms with Crippen LogP contribution in [0.25, 0.3) is 0 Å². The van der Waals surface area contributed by atoms with Gasteiger partial charge in [0.05, 0.1) is 11.1 Å². The molecule has 0 unspecified atom stereocenters. The third-order valence-electron chi connectivity index (χ3n) is 4.58. The number of rotatable bonds is 8. The van der Waals surface area contributed by atoms with E-state index in [-0.39, 0.29) is 36.6 Å². The molecule has 0 aliphatic carbocycles. The van der Waals surface area contributed by atoms with Crippen LogP contribution in [-0.2, 0) is 11.2 Å². The Labute approximate surface area is 163 Å². The van der Waals surface area contributed by atoms with Crippen molar-refractivity contribution in [1.29, 1.82) is 0 Å². The zero-order valence-corrected chi connectivity index (χ0v) is 16.3. The summed E-state index contributed by atoms with van der Waals surface area (Å²) in [6.45, 7) is 6.37. The highest BCUT2D eigenvalue weighted by atomic mass is 16.5. The van der Waals surface area contributed by atoms with E-state index in [0.717, 1.165) is 10.5 Å². The second-order valence-electron chi connectivity index (χ2n) is 7.22. The molecule has 1 aliphatic heterocycles. The highest BCUT2D eigenvalue weighted by Crippen LogP contribution is 2.23. The van der Waals surface area contributed by atoms with Crippen molar-refractivity contribution in [3.63, 3.8) is 0 Å². The number of aromatic nitrogens is 2. The number of nitrogens with one attached hydrogen (secondary N) is 1. The van der Waals surface area contributed by atoms with Gasteiger partial charge in [0, 0.05) is 31.8 Å². The van der Waals surface area contributed by atoms with E-state index in [1.165, 1.54) is 0 Å². The van der Waals surface area contributed by atoms with Crippen molar-refractivity contribution in [1.82, 2.24) is 20.4 Å². The van der Waals surface area contributed by atoms with Crippen molar-refractivity contribution in [2.24, 2.45) is 0 Å². The van der Waals surface area contributed by atoms with Crippen molar-refractivity contribution >= 4 is 17.7 Å². The predicted octanol–water partition coefficient (Wildman–Crippen LogP) is 2.24. The zero-order valence-electron chi connectivity index (χ0n) is 16.3. The number of aryl methyl sites for hydroxylation is 2. The van der Waals surface area contributed by atoms with Gasteiger partial charge in [0.2, 0.25) is 11.8 Å². The number of hydrogen-bond donors (Lipinski definition) is 1. The molecule has 3 amide bonds. The van der Waals surface area contributed by atoms with Crippen LogP contribution in [0.5, 0.6) is 0 Å². The maximum Gasteiger partial charge on any atom is 0.261 e. The highest BCUT2D eigenvalue weighted by Gasteiger charge is 2.35. The summed E-state index contributed by atoms with van der Waals surface area (Å²) in [7, 11) is 0. The van der Waals surface area contributed by atoms with Crippen molar-refractivity contribution in [3.05, 3.63) is 46.6 Å². The minimum absolute atomic E-state index is 0.0681. The van der Waals surface area contributed by atoms with Crippen LogP contribution >= 0.6 is 0 Å². The van der Waals surface area contributed by atoms with Crippen LogP contribution in [0.4, 0.5) is 0 Å². The molecule has 1 aliphatic rings. The van der Waals surface area contributed by atoms with Gasteiger partial charge in [-0.3, -0.25) is 19.3 Å². The lowest BCUT2D eigenvalue weighted by Crippen LogP contribution is -2.34. The maximum atomic E-state index is 12.4. The molecule has 2 aromatic rings. The molecule has 0 bridgehead atoms. The van der Waals surface area contributed by atoms with Gasteiger partial charge in [0.15, 0.2) is 5.82 Å². The van der Waals surface area contributed by atoms with Crippen LogP contribution in [0, 0.1) is 6.92 Å². The van der Waals surface area contributed by atoms with Crippen LogP contribution in [-0.4, -0.2) is 45.9 Å². The lowest BCUT2D eigenvalue weighted by molar-refractivity contribution is -0.121. The van der Waals surface area contributed by atoms with E-state index in [2.05, 4.69) is 15.5 Å². The summed E-state index contributed by atoms with van der Waals surface area (Å²) < 4.78 is 5.16. The van der Waals surface area contributed by atoms with Gasteiger partial charge in [-0.25, -0.2) is 0 Å². The van der Waals surface area contributed by atoms with Crippen LogP contribution in [0.15, 0.2) is 22.7 Å². The van der Waals surface area contributed by atoms with Crippen LogP contribution < -0.4 is 5.32 Å². The number of nitrogens with zero attached hydrogens (tertiary/aromatic N) is 3. The second kappa shape index (κ2) is 8.33. The number of imide groups is 1. The summed E-state index contributed by atoms with van der Waals surface area (Å²) in [5, 5.41) is 6.69. The predicted molar refractivity (Wildman–Crippen MR) is 101 cm³/mol. The molecule has 2 heterocycles. The quantitative estimate of drug-likeness (QED) is 0.553. The SMILES string of the molecule is Cc1ccc2c(c1)C(=O)N(CCC(=O)NCCCc1nc(C(C)C)no1)C2=O. The fraction of sp³-hybridized carbons (Fsp3) is 0.450. The summed E-state index contributed by atoms with van der Waals surface area (Å²) in [5.74, 6) is 0.554. The fourth-order valence-electron chi connectivity index (χ4n) is 2.98. The number of amides is 3. The van der Waals surface area contributed by atoms with Crippen LogP contribution in [0.1, 0.15) is 70.6 Å². The largest absolute Gasteiger partial charge is 0.356 e. The van der Waals surface area contributed by atoms with Crippen molar-refractivity contribution < 1.29 is 18.9 Å². The smallest absolute Gasteiger partial charge is 0.261 e. The minimum Gasteiger partial charge on any atom is -0.356 e. The molecule has 8 heteroatoms. The molecule has 8 nitrogen and oxygen atoms in total. The number of benzene rings is 1. The van der Waals surface area contributed by atoms with E-state index in [9.17, 15) is 14.4 Å². The van der Waals surface area contributed by atoms with E-state index < -0.39 is 0 Å². The molecular formula is C20H24N4O4. The Bertz CT molecular complexity index is 903. The second-order valence-corrected chi connectivity index (χ2v) is 7.22. The average Bonchev–Trinajstić information content (AvgIpc) is 3.22. The minimum atomic E-state index is -0.342. The first kappa shape index (κ1) is 19.7. The standard InChI is InChI=1S/C20H24N4O4/c1-12(2)18-22-17(28-23-18)5-4-9-21-16(25)8-10-24-19(26)14-7-6-13(3)11-15(14)20(24)27/h6-7,11-12H,4-5,8-10H2,1-3H3,(H,21,25). The van der Waals surface area contributed by atoms with E-state index >= 15 is 0 Å². The topological polar surface area (TPSA) is 105 Å². The van der Waals surface area contributed by atoms with Crippen molar-refractivity contribution in [2.75, 3.05) is 13.1 Å². The van der Waals surface area contributed by atoms with Gasteiger partial charge < -0.3 is 9.84 Å². The van der Waals surface area contributed by atoms with Gasteiger partial charge in [-0.2, -0.15) is 4.98 Å². The fourth-order valence-corrected chi connectivity index (χ4v) is 2.98. The van der Waals surface area contributed by atoms with E-state index in [1.54, 1.807) is 18.2 Å². The van der Waals surface area contributed by atoms with Crippen LogP contribution in [0.2, 0.25) is 0 Å². The Morgan fingerprint density at radius 2 is 1.96 bits per heavy atom. The number of carbonyl (C=O) groups is 3. The van der Waals surface area contributed by atoms with Crippen molar-refractivity contribution in [3.8, 4) is 0 Å². The van der Waals surface area contributed by atoms with Gasteiger partial charge >= 0.3 is 0 Å². The number of fused-ring (bicyclic) bond motifs is 1. The Hall–Kier alpha value is -3.03. The molecule has 0 fully saturated rings. The van der Waals surface area contributed by atoms with Gasteiger partial charge in [0.1, 0.15) is 0 Å². The first-order chi connectivity index (χ1) is 13.4. The van der Waals surface area contributed by atoms with Crippen molar-refractivity contribution in [2.45, 2.75) is 46.0 Å². The van der Waals surface area contributed by atoms with E-state index in [1.807, 2.05) is 20.8 Å². The Morgan fingerprint density at radius 3 is 2.68 bits per heavy atom. The first-order valence-corrected chi connectivity index (χ1v) is 9.43. The summed E-state index contributed by atoms with van der Waals surface area (Å²) >= 11 is 0. The normalized spacial score (nSPS) is 13.4. The molecular weight excluding hydrogens is 360 g/mol. The van der Waals surface area contributed by atoms with E-state index in [4.69, 9.17) is 4.52 Å². The molecule has 0 spiro atoms. The molecule has 0 saturated carbocycles. The molecule has 1 aromatic heterocycles. The lowest BCUT2D eigenvalue weighted by Gasteiger charge is -2.13. The molecule has 1 aromatic carbocycles. The average molecular weight is 384 g/mol. The molecule has 0 saturated heterocycles. The number of carbonyl (C=O) groups excluding carboxylic acids is 3.